The molecule has 0 saturated heterocycles. The molecule has 0 aliphatic heterocycles. The lowest BCUT2D eigenvalue weighted by Gasteiger charge is -2.20. The van der Waals surface area contributed by atoms with Crippen LogP contribution in [0.5, 0.6) is 0 Å². The molecule has 1 atom stereocenters. The molecule has 0 aliphatic carbocycles. The third kappa shape index (κ3) is 4.91. The molecule has 140 valence electrons. The first-order chi connectivity index (χ1) is 12.4. The molecule has 0 unspecified atom stereocenters. The van der Waals surface area contributed by atoms with Crippen LogP contribution in [-0.4, -0.2) is 25.9 Å². The molecule has 1 aromatic carbocycles. The highest BCUT2D eigenvalue weighted by Gasteiger charge is 2.31. The number of aromatic nitrogens is 1. The van der Waals surface area contributed by atoms with Crippen LogP contribution in [0.3, 0.4) is 0 Å². The first-order valence-electron chi connectivity index (χ1n) is 8.84. The number of carbonyl (C=O) groups is 1. The highest BCUT2D eigenvalue weighted by molar-refractivity contribution is 7.91. The van der Waals surface area contributed by atoms with Crippen LogP contribution in [0.1, 0.15) is 48.1 Å². The summed E-state index contributed by atoms with van der Waals surface area (Å²) < 4.78 is 26.7. The fraction of sp³-hybridized carbons (Fsp3) is 0.400. The number of unbranched alkanes of at least 4 members (excludes halogenated alkanes) is 1. The fourth-order valence-corrected chi connectivity index (χ4v) is 4.75. The predicted octanol–water partition coefficient (Wildman–Crippen LogP) is 3.52. The van der Waals surface area contributed by atoms with Gasteiger partial charge < -0.3 is 5.32 Å². The number of pyridine rings is 1. The van der Waals surface area contributed by atoms with Gasteiger partial charge in [0.1, 0.15) is 5.25 Å². The standard InChI is InChI=1S/C20H26N2O3S/c1-4-5-8-20(23)22-14-19(17-7-6-11-21-13-17)26(24,25)18-12-15(2)9-10-16(18)3/h6-7,9-13,19H,4-5,8,14H2,1-3H3,(H,22,23)/t19-/m0/s1. The van der Waals surface area contributed by atoms with Crippen molar-refractivity contribution in [3.63, 3.8) is 0 Å². The van der Waals surface area contributed by atoms with E-state index in [9.17, 15) is 13.2 Å². The largest absolute Gasteiger partial charge is 0.354 e. The highest BCUT2D eigenvalue weighted by Crippen LogP contribution is 2.30. The van der Waals surface area contributed by atoms with Gasteiger partial charge in [0.2, 0.25) is 5.91 Å². The SMILES string of the molecule is CCCCC(=O)NC[C@@H](c1cccnc1)S(=O)(=O)c1cc(C)ccc1C. The number of hydrogen-bond acceptors (Lipinski definition) is 4. The quantitative estimate of drug-likeness (QED) is 0.767. The van der Waals surface area contributed by atoms with Crippen LogP contribution in [0.2, 0.25) is 0 Å². The summed E-state index contributed by atoms with van der Waals surface area (Å²) in [6, 6.07) is 8.83. The molecular formula is C20H26N2O3S. The molecule has 0 saturated carbocycles. The topological polar surface area (TPSA) is 76.1 Å². The van der Waals surface area contributed by atoms with Crippen molar-refractivity contribution in [2.24, 2.45) is 0 Å². The van der Waals surface area contributed by atoms with Crippen LogP contribution in [0.4, 0.5) is 0 Å². The van der Waals surface area contributed by atoms with E-state index in [1.807, 2.05) is 26.0 Å². The van der Waals surface area contributed by atoms with Gasteiger partial charge in [-0.25, -0.2) is 8.42 Å². The maximum absolute atomic E-state index is 13.4. The third-order valence-corrected chi connectivity index (χ3v) is 6.56. The van der Waals surface area contributed by atoms with Gasteiger partial charge in [-0.15, -0.1) is 0 Å². The number of amides is 1. The van der Waals surface area contributed by atoms with Gasteiger partial charge in [0, 0.05) is 25.4 Å². The second kappa shape index (κ2) is 8.94. The third-order valence-electron chi connectivity index (χ3n) is 4.32. The van der Waals surface area contributed by atoms with Crippen molar-refractivity contribution in [3.05, 3.63) is 59.4 Å². The Morgan fingerprint density at radius 1 is 1.23 bits per heavy atom. The number of benzene rings is 1. The summed E-state index contributed by atoms with van der Waals surface area (Å²) in [4.78, 5) is 16.4. The van der Waals surface area contributed by atoms with E-state index in [0.29, 0.717) is 22.4 Å². The summed E-state index contributed by atoms with van der Waals surface area (Å²) in [5, 5.41) is 1.91. The molecule has 0 bridgehead atoms. The zero-order valence-electron chi connectivity index (χ0n) is 15.5. The molecule has 0 radical (unpaired) electrons. The van der Waals surface area contributed by atoms with E-state index in [1.165, 1.54) is 0 Å². The Balaban J connectivity index is 2.37. The van der Waals surface area contributed by atoms with E-state index < -0.39 is 15.1 Å². The highest BCUT2D eigenvalue weighted by atomic mass is 32.2. The molecule has 1 amide bonds. The van der Waals surface area contributed by atoms with E-state index >= 15 is 0 Å². The molecule has 6 heteroatoms. The van der Waals surface area contributed by atoms with Crippen LogP contribution >= 0.6 is 0 Å². The van der Waals surface area contributed by atoms with Gasteiger partial charge in [-0.3, -0.25) is 9.78 Å². The number of carbonyl (C=O) groups excluding carboxylic acids is 1. The first kappa shape index (κ1) is 20.1. The Hall–Kier alpha value is -2.21. The molecule has 0 spiro atoms. The molecule has 1 aromatic heterocycles. The Morgan fingerprint density at radius 2 is 2.00 bits per heavy atom. The zero-order chi connectivity index (χ0) is 19.2. The van der Waals surface area contributed by atoms with Gasteiger partial charge in [0.05, 0.1) is 4.90 Å². The van der Waals surface area contributed by atoms with E-state index in [0.717, 1.165) is 18.4 Å². The molecular weight excluding hydrogens is 348 g/mol. The molecule has 1 N–H and O–H groups in total. The number of hydrogen-bond donors (Lipinski definition) is 1. The number of sulfone groups is 1. The van der Waals surface area contributed by atoms with Crippen molar-refractivity contribution >= 4 is 15.7 Å². The maximum Gasteiger partial charge on any atom is 0.220 e. The Labute approximate surface area is 155 Å². The second-order valence-corrected chi connectivity index (χ2v) is 8.60. The van der Waals surface area contributed by atoms with Crippen LogP contribution in [0, 0.1) is 13.8 Å². The normalized spacial score (nSPS) is 12.6. The lowest BCUT2D eigenvalue weighted by atomic mass is 10.2. The summed E-state index contributed by atoms with van der Waals surface area (Å²) in [7, 11) is -3.68. The predicted molar refractivity (Wildman–Crippen MR) is 103 cm³/mol. The molecule has 2 rings (SSSR count). The van der Waals surface area contributed by atoms with Crippen molar-refractivity contribution in [2.75, 3.05) is 6.54 Å². The van der Waals surface area contributed by atoms with Crippen molar-refractivity contribution in [2.45, 2.75) is 50.2 Å². The number of nitrogens with zero attached hydrogens (tertiary/aromatic N) is 1. The van der Waals surface area contributed by atoms with Crippen LogP contribution in [0.25, 0.3) is 0 Å². The maximum atomic E-state index is 13.4. The van der Waals surface area contributed by atoms with Crippen molar-refractivity contribution < 1.29 is 13.2 Å². The van der Waals surface area contributed by atoms with Crippen molar-refractivity contribution in [1.29, 1.82) is 0 Å². The molecule has 0 fully saturated rings. The Kier molecular flexibility index (Phi) is 6.91. The van der Waals surface area contributed by atoms with Gasteiger partial charge in [0.15, 0.2) is 9.84 Å². The number of rotatable bonds is 8. The first-order valence-corrected chi connectivity index (χ1v) is 10.4. The lowest BCUT2D eigenvalue weighted by molar-refractivity contribution is -0.121. The van der Waals surface area contributed by atoms with E-state index in [1.54, 1.807) is 37.5 Å². The minimum absolute atomic E-state index is 0.0317. The monoisotopic (exact) mass is 374 g/mol. The summed E-state index contributed by atoms with van der Waals surface area (Å²) in [6.07, 6.45) is 5.25. The van der Waals surface area contributed by atoms with Crippen LogP contribution in [-0.2, 0) is 14.6 Å². The van der Waals surface area contributed by atoms with Crippen molar-refractivity contribution in [3.8, 4) is 0 Å². The summed E-state index contributed by atoms with van der Waals surface area (Å²) in [6.45, 7) is 5.69. The minimum Gasteiger partial charge on any atom is -0.354 e. The van der Waals surface area contributed by atoms with Gasteiger partial charge in [-0.05, 0) is 49.1 Å². The van der Waals surface area contributed by atoms with Gasteiger partial charge in [-0.1, -0.05) is 31.5 Å². The Bertz CT molecular complexity index is 849. The van der Waals surface area contributed by atoms with Crippen molar-refractivity contribution in [1.82, 2.24) is 10.3 Å². The molecule has 5 nitrogen and oxygen atoms in total. The minimum atomic E-state index is -3.68. The summed E-state index contributed by atoms with van der Waals surface area (Å²) in [5.41, 5.74) is 2.15. The number of nitrogens with one attached hydrogen (secondary N) is 1. The van der Waals surface area contributed by atoms with Crippen LogP contribution in [0.15, 0.2) is 47.6 Å². The Morgan fingerprint density at radius 3 is 2.65 bits per heavy atom. The van der Waals surface area contributed by atoms with Crippen LogP contribution < -0.4 is 5.32 Å². The van der Waals surface area contributed by atoms with E-state index in [2.05, 4.69) is 10.3 Å². The fourth-order valence-electron chi connectivity index (χ4n) is 2.77. The number of aryl methyl sites for hydroxylation is 2. The summed E-state index contributed by atoms with van der Waals surface area (Å²) >= 11 is 0. The molecule has 26 heavy (non-hydrogen) atoms. The summed E-state index contributed by atoms with van der Waals surface area (Å²) in [5.74, 6) is -0.128. The van der Waals surface area contributed by atoms with Gasteiger partial charge in [0.25, 0.3) is 0 Å². The zero-order valence-corrected chi connectivity index (χ0v) is 16.3. The van der Waals surface area contributed by atoms with Gasteiger partial charge in [-0.2, -0.15) is 0 Å². The molecule has 2 aromatic rings. The molecule has 0 aliphatic rings. The second-order valence-electron chi connectivity index (χ2n) is 6.50. The average molecular weight is 375 g/mol. The van der Waals surface area contributed by atoms with E-state index in [-0.39, 0.29) is 12.5 Å². The van der Waals surface area contributed by atoms with E-state index in [4.69, 9.17) is 0 Å². The lowest BCUT2D eigenvalue weighted by Crippen LogP contribution is -2.32. The smallest absolute Gasteiger partial charge is 0.220 e. The van der Waals surface area contributed by atoms with Gasteiger partial charge >= 0.3 is 0 Å². The average Bonchev–Trinajstić information content (AvgIpc) is 2.62. The molecule has 1 heterocycles.